The summed E-state index contributed by atoms with van der Waals surface area (Å²) < 4.78 is 13.9. The molecule has 1 aliphatic heterocycles. The van der Waals surface area contributed by atoms with E-state index >= 15 is 0 Å². The van der Waals surface area contributed by atoms with Gasteiger partial charge in [0.1, 0.15) is 5.82 Å². The minimum atomic E-state index is -0.109. The number of nitrogens with zero attached hydrogens (tertiary/aromatic N) is 1. The van der Waals surface area contributed by atoms with Crippen LogP contribution in [0.15, 0.2) is 18.2 Å². The molecule has 3 unspecified atom stereocenters. The van der Waals surface area contributed by atoms with Crippen LogP contribution in [-0.2, 0) is 5.33 Å². The van der Waals surface area contributed by atoms with Crippen molar-refractivity contribution in [3.05, 3.63) is 29.6 Å². The van der Waals surface area contributed by atoms with E-state index in [1.165, 1.54) is 6.42 Å². The molecule has 1 aromatic rings. The third-order valence-corrected chi connectivity index (χ3v) is 4.70. The third-order valence-electron chi connectivity index (χ3n) is 4.13. The van der Waals surface area contributed by atoms with E-state index in [1.807, 2.05) is 12.1 Å². The molecule has 100 valence electrons. The van der Waals surface area contributed by atoms with Crippen molar-refractivity contribution in [1.82, 2.24) is 0 Å². The highest BCUT2D eigenvalue weighted by Crippen LogP contribution is 2.34. The Morgan fingerprint density at radius 2 is 2.06 bits per heavy atom. The smallest absolute Gasteiger partial charge is 0.129 e. The monoisotopic (exact) mass is 313 g/mol. The summed E-state index contributed by atoms with van der Waals surface area (Å²) in [6, 6.07) is 5.87. The normalized spacial score (nSPS) is 28.5. The van der Waals surface area contributed by atoms with E-state index in [-0.39, 0.29) is 5.82 Å². The fraction of sp³-hybridized carbons (Fsp3) is 0.600. The lowest BCUT2D eigenvalue weighted by Gasteiger charge is -2.43. The standard InChI is InChI=1S/C15H21BrFN/c1-10-7-11(2)12(3)18(9-10)15-6-4-5-14(17)13(15)8-16/h4-6,10-12H,7-9H2,1-3H3. The van der Waals surface area contributed by atoms with Crippen LogP contribution in [0.4, 0.5) is 10.1 Å². The topological polar surface area (TPSA) is 3.24 Å². The zero-order valence-electron chi connectivity index (χ0n) is 11.3. The lowest BCUT2D eigenvalue weighted by Crippen LogP contribution is -2.46. The number of halogens is 2. The number of hydrogen-bond donors (Lipinski definition) is 0. The average Bonchev–Trinajstić information content (AvgIpc) is 2.33. The Morgan fingerprint density at radius 3 is 2.72 bits per heavy atom. The summed E-state index contributed by atoms with van der Waals surface area (Å²) in [6.07, 6.45) is 1.26. The van der Waals surface area contributed by atoms with Gasteiger partial charge in [-0.1, -0.05) is 35.8 Å². The van der Waals surface area contributed by atoms with Gasteiger partial charge >= 0.3 is 0 Å². The van der Waals surface area contributed by atoms with Crippen molar-refractivity contribution in [3.63, 3.8) is 0 Å². The maximum absolute atomic E-state index is 13.9. The molecule has 0 N–H and O–H groups in total. The fourth-order valence-electron chi connectivity index (χ4n) is 2.98. The van der Waals surface area contributed by atoms with Crippen LogP contribution < -0.4 is 4.90 Å². The molecule has 1 saturated heterocycles. The van der Waals surface area contributed by atoms with Gasteiger partial charge in [-0.3, -0.25) is 0 Å². The molecule has 1 heterocycles. The number of anilines is 1. The molecule has 0 amide bonds. The van der Waals surface area contributed by atoms with Gasteiger partial charge in [0, 0.05) is 29.2 Å². The fourth-order valence-corrected chi connectivity index (χ4v) is 3.54. The van der Waals surface area contributed by atoms with Crippen LogP contribution in [0, 0.1) is 17.7 Å². The zero-order valence-corrected chi connectivity index (χ0v) is 12.9. The van der Waals surface area contributed by atoms with E-state index in [2.05, 4.69) is 41.6 Å². The SMILES string of the molecule is CC1CC(C)C(C)N(c2cccc(F)c2CBr)C1. The van der Waals surface area contributed by atoms with Gasteiger partial charge in [0.25, 0.3) is 0 Å². The highest BCUT2D eigenvalue weighted by molar-refractivity contribution is 9.08. The van der Waals surface area contributed by atoms with Crippen LogP contribution in [-0.4, -0.2) is 12.6 Å². The summed E-state index contributed by atoms with van der Waals surface area (Å²) in [7, 11) is 0. The number of benzene rings is 1. The molecular formula is C15H21BrFN. The number of piperidine rings is 1. The summed E-state index contributed by atoms with van der Waals surface area (Å²) in [5, 5.41) is 0.570. The Morgan fingerprint density at radius 1 is 1.33 bits per heavy atom. The van der Waals surface area contributed by atoms with Crippen LogP contribution in [0.2, 0.25) is 0 Å². The van der Waals surface area contributed by atoms with Crippen LogP contribution in [0.5, 0.6) is 0 Å². The molecule has 18 heavy (non-hydrogen) atoms. The highest BCUT2D eigenvalue weighted by atomic mass is 79.9. The highest BCUT2D eigenvalue weighted by Gasteiger charge is 2.30. The van der Waals surface area contributed by atoms with E-state index in [9.17, 15) is 4.39 Å². The maximum atomic E-state index is 13.9. The minimum Gasteiger partial charge on any atom is -0.368 e. The van der Waals surface area contributed by atoms with Crippen LogP contribution in [0.25, 0.3) is 0 Å². The molecule has 3 atom stereocenters. The van der Waals surface area contributed by atoms with Gasteiger partial charge in [-0.15, -0.1) is 0 Å². The Balaban J connectivity index is 2.38. The predicted molar refractivity (Wildman–Crippen MR) is 78.8 cm³/mol. The first-order valence-electron chi connectivity index (χ1n) is 6.64. The van der Waals surface area contributed by atoms with Crippen molar-refractivity contribution in [1.29, 1.82) is 0 Å². The van der Waals surface area contributed by atoms with Crippen LogP contribution >= 0.6 is 15.9 Å². The van der Waals surface area contributed by atoms with E-state index in [1.54, 1.807) is 6.07 Å². The van der Waals surface area contributed by atoms with E-state index in [0.29, 0.717) is 23.2 Å². The summed E-state index contributed by atoms with van der Waals surface area (Å²) >= 11 is 3.41. The number of rotatable bonds is 2. The summed E-state index contributed by atoms with van der Waals surface area (Å²) in [5.41, 5.74) is 1.84. The molecular weight excluding hydrogens is 293 g/mol. The van der Waals surface area contributed by atoms with Crippen molar-refractivity contribution in [2.75, 3.05) is 11.4 Å². The third kappa shape index (κ3) is 2.56. The molecule has 1 aliphatic rings. The first kappa shape index (κ1) is 13.9. The lowest BCUT2D eigenvalue weighted by atomic mass is 9.85. The van der Waals surface area contributed by atoms with E-state index in [0.717, 1.165) is 17.8 Å². The van der Waals surface area contributed by atoms with Crippen molar-refractivity contribution in [2.24, 2.45) is 11.8 Å². The first-order chi connectivity index (χ1) is 8.54. The van der Waals surface area contributed by atoms with E-state index in [4.69, 9.17) is 0 Å². The average molecular weight is 314 g/mol. The van der Waals surface area contributed by atoms with Gasteiger partial charge in [-0.05, 0) is 37.3 Å². The molecule has 0 spiro atoms. The van der Waals surface area contributed by atoms with Crippen molar-refractivity contribution in [3.8, 4) is 0 Å². The van der Waals surface area contributed by atoms with Crippen molar-refractivity contribution < 1.29 is 4.39 Å². The summed E-state index contributed by atoms with van der Waals surface area (Å²) in [6.45, 7) is 7.84. The van der Waals surface area contributed by atoms with Gasteiger partial charge in [0.2, 0.25) is 0 Å². The Bertz CT molecular complexity index is 421. The lowest BCUT2D eigenvalue weighted by molar-refractivity contribution is 0.296. The van der Waals surface area contributed by atoms with Gasteiger partial charge < -0.3 is 4.90 Å². The Labute approximate surface area is 118 Å². The molecule has 0 bridgehead atoms. The molecule has 0 saturated carbocycles. The largest absolute Gasteiger partial charge is 0.368 e. The van der Waals surface area contributed by atoms with Gasteiger partial charge in [-0.2, -0.15) is 0 Å². The summed E-state index contributed by atoms with van der Waals surface area (Å²) in [5.74, 6) is 1.21. The van der Waals surface area contributed by atoms with Gasteiger partial charge in [-0.25, -0.2) is 4.39 Å². The van der Waals surface area contributed by atoms with Crippen molar-refractivity contribution in [2.45, 2.75) is 38.6 Å². The quantitative estimate of drug-likeness (QED) is 0.722. The second kappa shape index (κ2) is 5.60. The van der Waals surface area contributed by atoms with Crippen LogP contribution in [0.3, 0.4) is 0 Å². The first-order valence-corrected chi connectivity index (χ1v) is 7.76. The van der Waals surface area contributed by atoms with Gasteiger partial charge in [0.15, 0.2) is 0 Å². The molecule has 0 radical (unpaired) electrons. The summed E-state index contributed by atoms with van der Waals surface area (Å²) in [4.78, 5) is 2.37. The number of hydrogen-bond acceptors (Lipinski definition) is 1. The maximum Gasteiger partial charge on any atom is 0.129 e. The molecule has 2 rings (SSSR count). The van der Waals surface area contributed by atoms with E-state index < -0.39 is 0 Å². The Kier molecular flexibility index (Phi) is 4.31. The molecule has 0 aromatic heterocycles. The predicted octanol–water partition coefficient (Wildman–Crippen LogP) is 4.59. The van der Waals surface area contributed by atoms with Crippen LogP contribution in [0.1, 0.15) is 32.8 Å². The Hall–Kier alpha value is -0.570. The second-order valence-electron chi connectivity index (χ2n) is 5.58. The zero-order chi connectivity index (χ0) is 13.3. The second-order valence-corrected chi connectivity index (χ2v) is 6.14. The number of alkyl halides is 1. The minimum absolute atomic E-state index is 0.109. The molecule has 1 aromatic carbocycles. The molecule has 0 aliphatic carbocycles. The molecule has 1 nitrogen and oxygen atoms in total. The molecule has 3 heteroatoms. The van der Waals surface area contributed by atoms with Crippen molar-refractivity contribution >= 4 is 21.6 Å². The van der Waals surface area contributed by atoms with Gasteiger partial charge in [0.05, 0.1) is 0 Å². The molecule has 1 fully saturated rings.